The van der Waals surface area contributed by atoms with Crippen LogP contribution in [0.1, 0.15) is 18.5 Å². The molecule has 96 valence electrons. The molecule has 0 aliphatic carbocycles. The maximum Gasteiger partial charge on any atom is 0.148 e. The summed E-state index contributed by atoms with van der Waals surface area (Å²) in [4.78, 5) is 4.30. The first kappa shape index (κ1) is 14.5. The monoisotopic (exact) mass is 274 g/mol. The Bertz CT molecular complexity index is 460. The van der Waals surface area contributed by atoms with Gasteiger partial charge in [0.1, 0.15) is 14.9 Å². The summed E-state index contributed by atoms with van der Waals surface area (Å²) in [7, 11) is -1.01. The van der Waals surface area contributed by atoms with Crippen LogP contribution in [0.5, 0.6) is 0 Å². The van der Waals surface area contributed by atoms with Crippen molar-refractivity contribution in [2.24, 2.45) is 0 Å². The number of thioether (sulfide) groups is 1. The lowest BCUT2D eigenvalue weighted by Gasteiger charge is -2.14. The Kier molecular flexibility index (Phi) is 5.42. The molecule has 0 aliphatic heterocycles. The molecule has 1 heterocycles. The van der Waals surface area contributed by atoms with Crippen molar-refractivity contribution in [3.8, 4) is 0 Å². The highest BCUT2D eigenvalue weighted by molar-refractivity contribution is 8.00. The van der Waals surface area contributed by atoms with Gasteiger partial charge in [0.2, 0.25) is 0 Å². The van der Waals surface area contributed by atoms with E-state index >= 15 is 0 Å². The van der Waals surface area contributed by atoms with Gasteiger partial charge >= 0.3 is 0 Å². The molecule has 0 bridgehead atoms. The third-order valence-electron chi connectivity index (χ3n) is 2.39. The van der Waals surface area contributed by atoms with Crippen molar-refractivity contribution in [3.63, 3.8) is 0 Å². The molecule has 0 amide bonds. The summed E-state index contributed by atoms with van der Waals surface area (Å²) < 4.78 is 22.1. The minimum Gasteiger partial charge on any atom is -0.313 e. The predicted octanol–water partition coefficient (Wildman–Crippen LogP) is 1.50. The van der Waals surface area contributed by atoms with Gasteiger partial charge < -0.3 is 5.32 Å². The number of nitrogens with one attached hydrogen (secondary N) is 1. The van der Waals surface area contributed by atoms with Gasteiger partial charge in [0.25, 0.3) is 0 Å². The van der Waals surface area contributed by atoms with Gasteiger partial charge in [-0.25, -0.2) is 13.4 Å². The van der Waals surface area contributed by atoms with E-state index in [1.54, 1.807) is 6.20 Å². The summed E-state index contributed by atoms with van der Waals surface area (Å²) in [5.41, 5.74) is 1.11. The number of rotatable bonds is 6. The van der Waals surface area contributed by atoms with Crippen LogP contribution in [0.4, 0.5) is 0 Å². The molecule has 1 aromatic rings. The topological polar surface area (TPSA) is 59.1 Å². The maximum atomic E-state index is 11.1. The predicted molar refractivity (Wildman–Crippen MR) is 72.1 cm³/mol. The molecule has 4 nitrogen and oxygen atoms in total. The Labute approximate surface area is 107 Å². The highest BCUT2D eigenvalue weighted by Gasteiger charge is 2.11. The van der Waals surface area contributed by atoms with Crippen molar-refractivity contribution >= 4 is 21.6 Å². The Balaban J connectivity index is 2.70. The Morgan fingerprint density at radius 2 is 2.24 bits per heavy atom. The minimum atomic E-state index is -2.90. The summed E-state index contributed by atoms with van der Waals surface area (Å²) in [5.74, 6) is 0.723. The lowest BCUT2D eigenvalue weighted by atomic mass is 10.1. The molecular formula is C11H18N2O2S2. The zero-order valence-electron chi connectivity index (χ0n) is 10.3. The first-order valence-corrected chi connectivity index (χ1v) is 8.41. The molecule has 6 heteroatoms. The van der Waals surface area contributed by atoms with Crippen LogP contribution in [-0.4, -0.2) is 38.2 Å². The van der Waals surface area contributed by atoms with E-state index in [4.69, 9.17) is 0 Å². The largest absolute Gasteiger partial charge is 0.313 e. The molecule has 0 fully saturated rings. The van der Waals surface area contributed by atoms with Crippen LogP contribution < -0.4 is 5.32 Å². The number of pyridine rings is 1. The fourth-order valence-electron chi connectivity index (χ4n) is 1.30. The molecule has 1 N–H and O–H groups in total. The molecule has 0 spiro atoms. The zero-order valence-corrected chi connectivity index (χ0v) is 11.9. The molecule has 1 unspecified atom stereocenters. The molecule has 1 aromatic heterocycles. The van der Waals surface area contributed by atoms with E-state index in [9.17, 15) is 8.42 Å². The smallest absolute Gasteiger partial charge is 0.148 e. The Morgan fingerprint density at radius 1 is 1.53 bits per heavy atom. The average Bonchev–Trinajstić information content (AvgIpc) is 2.27. The van der Waals surface area contributed by atoms with E-state index < -0.39 is 9.84 Å². The number of aromatic nitrogens is 1. The van der Waals surface area contributed by atoms with Crippen LogP contribution in [0, 0.1) is 0 Å². The van der Waals surface area contributed by atoms with Crippen molar-refractivity contribution < 1.29 is 8.42 Å². The van der Waals surface area contributed by atoms with Crippen molar-refractivity contribution in [1.29, 1.82) is 0 Å². The van der Waals surface area contributed by atoms with Gasteiger partial charge in [0.15, 0.2) is 0 Å². The van der Waals surface area contributed by atoms with Gasteiger partial charge in [-0.1, -0.05) is 6.07 Å². The van der Waals surface area contributed by atoms with Crippen LogP contribution in [0.15, 0.2) is 23.4 Å². The van der Waals surface area contributed by atoms with E-state index in [0.29, 0.717) is 5.75 Å². The fraction of sp³-hybridized carbons (Fsp3) is 0.545. The Hall–Kier alpha value is -0.590. The molecule has 0 aliphatic rings. The van der Waals surface area contributed by atoms with Gasteiger partial charge in [-0.05, 0) is 20.0 Å². The summed E-state index contributed by atoms with van der Waals surface area (Å²) in [5, 5.41) is 4.06. The van der Waals surface area contributed by atoms with Gasteiger partial charge in [-0.2, -0.15) is 0 Å². The van der Waals surface area contributed by atoms with E-state index in [1.807, 2.05) is 19.2 Å². The zero-order chi connectivity index (χ0) is 12.9. The molecule has 1 rings (SSSR count). The average molecular weight is 274 g/mol. The van der Waals surface area contributed by atoms with Crippen LogP contribution in [-0.2, 0) is 9.84 Å². The number of nitrogens with zero attached hydrogens (tertiary/aromatic N) is 1. The van der Waals surface area contributed by atoms with Crippen LogP contribution in [0.25, 0.3) is 0 Å². The number of hydrogen-bond donors (Lipinski definition) is 1. The van der Waals surface area contributed by atoms with E-state index in [0.717, 1.165) is 10.6 Å². The second-order valence-corrected chi connectivity index (χ2v) is 7.23. The highest BCUT2D eigenvalue weighted by atomic mass is 32.2. The summed E-state index contributed by atoms with van der Waals surface area (Å²) in [6.45, 7) is 2.05. The van der Waals surface area contributed by atoms with Crippen LogP contribution in [0.3, 0.4) is 0 Å². The van der Waals surface area contributed by atoms with Crippen LogP contribution in [0.2, 0.25) is 0 Å². The van der Waals surface area contributed by atoms with Crippen molar-refractivity contribution in [2.75, 3.05) is 24.8 Å². The fourth-order valence-corrected chi connectivity index (χ4v) is 3.58. The van der Waals surface area contributed by atoms with Gasteiger partial charge in [0, 0.05) is 29.8 Å². The Morgan fingerprint density at radius 3 is 2.82 bits per heavy atom. The lowest BCUT2D eigenvalue weighted by Crippen LogP contribution is -2.14. The standard InChI is InChI=1S/C11H18N2O2S2/c1-9(12-2)10-5-4-6-13-11(10)16-7-8-17(3,14)15/h4-6,9,12H,7-8H2,1-3H3. The first-order valence-electron chi connectivity index (χ1n) is 5.36. The number of sulfone groups is 1. The van der Waals surface area contributed by atoms with Crippen molar-refractivity contribution in [2.45, 2.75) is 18.0 Å². The third kappa shape index (κ3) is 5.06. The van der Waals surface area contributed by atoms with E-state index in [-0.39, 0.29) is 11.8 Å². The molecule has 17 heavy (non-hydrogen) atoms. The summed E-state index contributed by atoms with van der Waals surface area (Å²) in [6, 6.07) is 4.12. The number of hydrogen-bond acceptors (Lipinski definition) is 5. The van der Waals surface area contributed by atoms with Gasteiger partial charge in [0.05, 0.1) is 5.75 Å². The molecule has 1 atom stereocenters. The van der Waals surface area contributed by atoms with Crippen molar-refractivity contribution in [3.05, 3.63) is 23.9 Å². The SMILES string of the molecule is CNC(C)c1cccnc1SCCS(C)(=O)=O. The minimum absolute atomic E-state index is 0.182. The van der Waals surface area contributed by atoms with Gasteiger partial charge in [-0.3, -0.25) is 0 Å². The van der Waals surface area contributed by atoms with Crippen molar-refractivity contribution in [1.82, 2.24) is 10.3 Å². The maximum absolute atomic E-state index is 11.1. The van der Waals surface area contributed by atoms with Crippen LogP contribution >= 0.6 is 11.8 Å². The van der Waals surface area contributed by atoms with E-state index in [2.05, 4.69) is 17.2 Å². The second kappa shape index (κ2) is 6.37. The molecule has 0 saturated heterocycles. The summed E-state index contributed by atoms with van der Waals surface area (Å²) >= 11 is 1.49. The third-order valence-corrected chi connectivity index (χ3v) is 4.62. The second-order valence-electron chi connectivity index (χ2n) is 3.89. The molecule has 0 radical (unpaired) electrons. The normalized spacial score (nSPS) is 13.6. The molecule has 0 aromatic carbocycles. The van der Waals surface area contributed by atoms with E-state index in [1.165, 1.54) is 18.0 Å². The summed E-state index contributed by atoms with van der Waals surface area (Å²) in [6.07, 6.45) is 2.98. The first-order chi connectivity index (χ1) is 7.94. The quantitative estimate of drug-likeness (QED) is 0.797. The lowest BCUT2D eigenvalue weighted by molar-refractivity contribution is 0.603. The molecule has 0 saturated carbocycles. The highest BCUT2D eigenvalue weighted by Crippen LogP contribution is 2.24. The van der Waals surface area contributed by atoms with Gasteiger partial charge in [-0.15, -0.1) is 11.8 Å². The molecular weight excluding hydrogens is 256 g/mol.